The highest BCUT2D eigenvalue weighted by Crippen LogP contribution is 2.37. The van der Waals surface area contributed by atoms with Gasteiger partial charge in [-0.15, -0.1) is 0 Å². The molecule has 1 rings (SSSR count). The Kier molecular flexibility index (Phi) is 5.82. The molecule has 0 saturated carbocycles. The number of hydrogen-bond donors (Lipinski definition) is 3. The van der Waals surface area contributed by atoms with Crippen LogP contribution in [0.5, 0.6) is 11.5 Å². The first-order chi connectivity index (χ1) is 9.75. The number of aliphatic carboxylic acids is 1. The van der Waals surface area contributed by atoms with Crippen LogP contribution in [0.3, 0.4) is 0 Å². The second-order valence-corrected chi connectivity index (χ2v) is 5.53. The first-order valence-electron chi connectivity index (χ1n) is 7.13. The van der Waals surface area contributed by atoms with Gasteiger partial charge in [-0.2, -0.15) is 0 Å². The fraction of sp³-hybridized carbons (Fsp3) is 0.471. The Morgan fingerprint density at radius 3 is 2.14 bits per heavy atom. The van der Waals surface area contributed by atoms with Crippen LogP contribution in [0.25, 0.3) is 0 Å². The number of allylic oxidation sites excluding steroid dienone is 2. The lowest BCUT2D eigenvalue weighted by atomic mass is 9.93. The van der Waals surface area contributed by atoms with E-state index < -0.39 is 5.97 Å². The van der Waals surface area contributed by atoms with E-state index in [1.807, 2.05) is 13.0 Å². The summed E-state index contributed by atoms with van der Waals surface area (Å²) in [4.78, 5) is 10.5. The van der Waals surface area contributed by atoms with Crippen LogP contribution in [0.15, 0.2) is 11.6 Å². The van der Waals surface area contributed by atoms with Gasteiger partial charge in [0.2, 0.25) is 0 Å². The predicted molar refractivity (Wildman–Crippen MR) is 82.9 cm³/mol. The molecule has 4 nitrogen and oxygen atoms in total. The molecule has 1 aromatic carbocycles. The number of carbonyl (C=O) groups is 1. The molecular weight excluding hydrogens is 268 g/mol. The minimum absolute atomic E-state index is 0.131. The molecule has 0 saturated heterocycles. The first kappa shape index (κ1) is 17.1. The number of carboxylic acid groups (broad SMARTS) is 1. The van der Waals surface area contributed by atoms with Crippen LogP contribution in [0.2, 0.25) is 0 Å². The smallest absolute Gasteiger partial charge is 0.303 e. The highest BCUT2D eigenvalue weighted by atomic mass is 16.4. The third kappa shape index (κ3) is 4.25. The first-order valence-corrected chi connectivity index (χ1v) is 7.13. The van der Waals surface area contributed by atoms with Crippen LogP contribution >= 0.6 is 0 Å². The third-order valence-corrected chi connectivity index (χ3v) is 3.99. The summed E-state index contributed by atoms with van der Waals surface area (Å²) < 4.78 is 0. The van der Waals surface area contributed by atoms with E-state index >= 15 is 0 Å². The zero-order chi connectivity index (χ0) is 16.2. The molecule has 0 aliphatic carbocycles. The van der Waals surface area contributed by atoms with E-state index in [0.717, 1.165) is 17.6 Å². The van der Waals surface area contributed by atoms with Gasteiger partial charge in [-0.25, -0.2) is 0 Å². The summed E-state index contributed by atoms with van der Waals surface area (Å²) in [7, 11) is 0. The standard InChI is InChI=1S/C17H24O4/c1-10(6-5-7-15(18)19)8-9-14-13(4)16(20)11(2)12(3)17(14)21/h6,20-21H,5,7-9H2,1-4H3,(H,18,19)/b10-6-. The van der Waals surface area contributed by atoms with Crippen molar-refractivity contribution >= 4 is 5.97 Å². The van der Waals surface area contributed by atoms with Gasteiger partial charge in [0, 0.05) is 12.0 Å². The molecule has 0 heterocycles. The van der Waals surface area contributed by atoms with Gasteiger partial charge in [0.1, 0.15) is 11.5 Å². The molecule has 0 atom stereocenters. The van der Waals surface area contributed by atoms with E-state index in [4.69, 9.17) is 5.11 Å². The van der Waals surface area contributed by atoms with Crippen molar-refractivity contribution in [2.75, 3.05) is 0 Å². The largest absolute Gasteiger partial charge is 0.507 e. The van der Waals surface area contributed by atoms with Crippen molar-refractivity contribution in [3.8, 4) is 11.5 Å². The highest BCUT2D eigenvalue weighted by molar-refractivity contribution is 5.66. The van der Waals surface area contributed by atoms with Gasteiger partial charge in [0.25, 0.3) is 0 Å². The van der Waals surface area contributed by atoms with E-state index in [2.05, 4.69) is 0 Å². The maximum absolute atomic E-state index is 10.5. The van der Waals surface area contributed by atoms with Crippen LogP contribution in [-0.2, 0) is 11.2 Å². The fourth-order valence-electron chi connectivity index (χ4n) is 2.36. The zero-order valence-corrected chi connectivity index (χ0v) is 13.2. The molecule has 0 fully saturated rings. The van der Waals surface area contributed by atoms with Crippen LogP contribution in [-0.4, -0.2) is 21.3 Å². The van der Waals surface area contributed by atoms with Gasteiger partial charge in [0.15, 0.2) is 0 Å². The molecule has 116 valence electrons. The SMILES string of the molecule is C/C(=C/CCC(=O)O)CCc1c(C)c(O)c(C)c(C)c1O. The summed E-state index contributed by atoms with van der Waals surface area (Å²) in [5.41, 5.74) is 3.99. The van der Waals surface area contributed by atoms with Gasteiger partial charge in [0.05, 0.1) is 0 Å². The van der Waals surface area contributed by atoms with Crippen molar-refractivity contribution in [2.45, 2.75) is 53.4 Å². The Bertz CT molecular complexity index is 542. The predicted octanol–water partition coefficient (Wildman–Crippen LogP) is 3.77. The minimum atomic E-state index is -0.799. The lowest BCUT2D eigenvalue weighted by molar-refractivity contribution is -0.136. The van der Waals surface area contributed by atoms with E-state index in [1.54, 1.807) is 20.8 Å². The molecule has 0 aromatic heterocycles. The Morgan fingerprint density at radius 1 is 1.00 bits per heavy atom. The van der Waals surface area contributed by atoms with Crippen molar-refractivity contribution in [3.05, 3.63) is 33.9 Å². The molecule has 21 heavy (non-hydrogen) atoms. The summed E-state index contributed by atoms with van der Waals surface area (Å²) in [6.07, 6.45) is 3.93. The number of rotatable bonds is 6. The zero-order valence-electron chi connectivity index (χ0n) is 13.2. The summed E-state index contributed by atoms with van der Waals surface area (Å²) in [6, 6.07) is 0. The van der Waals surface area contributed by atoms with Crippen LogP contribution in [0.4, 0.5) is 0 Å². The van der Waals surface area contributed by atoms with Crippen molar-refractivity contribution < 1.29 is 20.1 Å². The average Bonchev–Trinajstić information content (AvgIpc) is 2.42. The van der Waals surface area contributed by atoms with Crippen molar-refractivity contribution in [3.63, 3.8) is 0 Å². The second kappa shape index (κ2) is 7.16. The molecule has 1 aromatic rings. The maximum Gasteiger partial charge on any atom is 0.303 e. The lowest BCUT2D eigenvalue weighted by Gasteiger charge is -2.16. The summed E-state index contributed by atoms with van der Waals surface area (Å²) in [5, 5.41) is 28.9. The maximum atomic E-state index is 10.5. The van der Waals surface area contributed by atoms with E-state index in [9.17, 15) is 15.0 Å². The Balaban J connectivity index is 2.83. The van der Waals surface area contributed by atoms with E-state index in [-0.39, 0.29) is 17.9 Å². The van der Waals surface area contributed by atoms with Gasteiger partial charge in [-0.05, 0) is 63.6 Å². The Morgan fingerprint density at radius 2 is 1.57 bits per heavy atom. The van der Waals surface area contributed by atoms with E-state index in [0.29, 0.717) is 29.5 Å². The van der Waals surface area contributed by atoms with Gasteiger partial charge < -0.3 is 15.3 Å². The molecular formula is C17H24O4. The molecule has 0 radical (unpaired) electrons. The second-order valence-electron chi connectivity index (χ2n) is 5.53. The molecule has 0 unspecified atom stereocenters. The van der Waals surface area contributed by atoms with Gasteiger partial charge >= 0.3 is 5.97 Å². The summed E-state index contributed by atoms with van der Waals surface area (Å²) in [6.45, 7) is 7.34. The van der Waals surface area contributed by atoms with Crippen LogP contribution < -0.4 is 0 Å². The average molecular weight is 292 g/mol. The number of phenols is 2. The lowest BCUT2D eigenvalue weighted by Crippen LogP contribution is -1.98. The number of hydrogen-bond acceptors (Lipinski definition) is 3. The van der Waals surface area contributed by atoms with Gasteiger partial charge in [-0.1, -0.05) is 11.6 Å². The molecule has 3 N–H and O–H groups in total. The molecule has 0 amide bonds. The van der Waals surface area contributed by atoms with Crippen molar-refractivity contribution in [2.24, 2.45) is 0 Å². The monoisotopic (exact) mass is 292 g/mol. The molecule has 0 bridgehead atoms. The molecule has 4 heteroatoms. The number of aromatic hydroxyl groups is 2. The summed E-state index contributed by atoms with van der Waals surface area (Å²) >= 11 is 0. The highest BCUT2D eigenvalue weighted by Gasteiger charge is 2.15. The van der Waals surface area contributed by atoms with Crippen LogP contribution in [0, 0.1) is 20.8 Å². The summed E-state index contributed by atoms with van der Waals surface area (Å²) in [5.74, 6) is -0.305. The number of benzene rings is 1. The molecule has 0 aliphatic rings. The molecule has 0 aliphatic heterocycles. The van der Waals surface area contributed by atoms with Gasteiger partial charge in [-0.3, -0.25) is 4.79 Å². The fourth-order valence-corrected chi connectivity index (χ4v) is 2.36. The van der Waals surface area contributed by atoms with E-state index in [1.165, 1.54) is 0 Å². The topological polar surface area (TPSA) is 77.8 Å². The third-order valence-electron chi connectivity index (χ3n) is 3.99. The molecule has 0 spiro atoms. The quantitative estimate of drug-likeness (QED) is 0.551. The normalized spacial score (nSPS) is 11.7. The van der Waals surface area contributed by atoms with Crippen molar-refractivity contribution in [1.82, 2.24) is 0 Å². The van der Waals surface area contributed by atoms with Crippen molar-refractivity contribution in [1.29, 1.82) is 0 Å². The Labute approximate surface area is 125 Å². The number of carboxylic acids is 1. The van der Waals surface area contributed by atoms with Crippen LogP contribution in [0.1, 0.15) is 48.4 Å². The number of phenolic OH excluding ortho intramolecular Hbond substituents is 2. The minimum Gasteiger partial charge on any atom is -0.507 e. The Hall–Kier alpha value is -1.97.